The van der Waals surface area contributed by atoms with E-state index in [1.807, 2.05) is 17.0 Å². The molecule has 3 aromatic rings. The molecule has 1 amide bonds. The van der Waals surface area contributed by atoms with Crippen LogP contribution in [-0.4, -0.2) is 34.0 Å². The SMILES string of the molecule is CCCCCN(Cc1nc2cc(F)ccc2n1CCC)C(=O)c1cc(OC)ccc1Br. The summed E-state index contributed by atoms with van der Waals surface area (Å²) in [6.07, 6.45) is 3.94. The van der Waals surface area contributed by atoms with E-state index in [0.717, 1.165) is 48.0 Å². The van der Waals surface area contributed by atoms with Crippen LogP contribution in [0.3, 0.4) is 0 Å². The predicted octanol–water partition coefficient (Wildman–Crippen LogP) is 6.19. The second kappa shape index (κ2) is 10.8. The van der Waals surface area contributed by atoms with Gasteiger partial charge in [0.2, 0.25) is 0 Å². The highest BCUT2D eigenvalue weighted by Gasteiger charge is 2.22. The van der Waals surface area contributed by atoms with Crippen molar-refractivity contribution in [1.82, 2.24) is 14.5 Å². The number of hydrogen-bond donors (Lipinski definition) is 0. The van der Waals surface area contributed by atoms with Crippen LogP contribution in [0.5, 0.6) is 5.75 Å². The molecule has 0 aliphatic heterocycles. The van der Waals surface area contributed by atoms with E-state index in [9.17, 15) is 9.18 Å². The molecular weight excluding hydrogens is 461 g/mol. The van der Waals surface area contributed by atoms with Gasteiger partial charge in [-0.05, 0) is 59.1 Å². The number of unbranched alkanes of at least 4 members (excludes halogenated alkanes) is 2. The molecular formula is C24H29BrFN3O2. The molecule has 5 nitrogen and oxygen atoms in total. The van der Waals surface area contributed by atoms with Gasteiger partial charge in [-0.25, -0.2) is 9.37 Å². The maximum Gasteiger partial charge on any atom is 0.255 e. The molecule has 166 valence electrons. The van der Waals surface area contributed by atoms with Gasteiger partial charge in [-0.1, -0.05) is 26.7 Å². The van der Waals surface area contributed by atoms with Gasteiger partial charge in [0.15, 0.2) is 0 Å². The third kappa shape index (κ3) is 5.45. The smallest absolute Gasteiger partial charge is 0.255 e. The number of fused-ring (bicyclic) bond motifs is 1. The molecule has 1 aromatic heterocycles. The van der Waals surface area contributed by atoms with E-state index < -0.39 is 0 Å². The Balaban J connectivity index is 1.98. The molecule has 1 heterocycles. The van der Waals surface area contributed by atoms with Crippen molar-refractivity contribution in [3.8, 4) is 5.75 Å². The number of carbonyl (C=O) groups is 1. The predicted molar refractivity (Wildman–Crippen MR) is 125 cm³/mol. The Hall–Kier alpha value is -2.41. The van der Waals surface area contributed by atoms with Crippen molar-refractivity contribution in [1.29, 1.82) is 0 Å². The minimum atomic E-state index is -0.309. The molecule has 0 saturated carbocycles. The molecule has 0 spiro atoms. The first-order chi connectivity index (χ1) is 15.0. The summed E-state index contributed by atoms with van der Waals surface area (Å²) in [4.78, 5) is 20.0. The Morgan fingerprint density at radius 3 is 2.68 bits per heavy atom. The highest BCUT2D eigenvalue weighted by Crippen LogP contribution is 2.26. The number of amides is 1. The van der Waals surface area contributed by atoms with Crippen molar-refractivity contribution in [2.75, 3.05) is 13.7 Å². The van der Waals surface area contributed by atoms with E-state index in [1.54, 1.807) is 19.2 Å². The fraction of sp³-hybridized carbons (Fsp3) is 0.417. The van der Waals surface area contributed by atoms with Crippen LogP contribution >= 0.6 is 15.9 Å². The van der Waals surface area contributed by atoms with E-state index in [0.29, 0.717) is 29.9 Å². The standard InChI is InChI=1S/C24H29BrFN3O2/c1-4-6-7-13-28(24(30)19-15-18(31-3)9-10-20(19)25)16-23-27-21-14-17(26)8-11-22(21)29(23)12-5-2/h8-11,14-15H,4-7,12-13,16H2,1-3H3. The van der Waals surface area contributed by atoms with Crippen LogP contribution in [-0.2, 0) is 13.1 Å². The fourth-order valence-electron chi connectivity index (χ4n) is 3.69. The number of halogens is 2. The molecule has 7 heteroatoms. The van der Waals surface area contributed by atoms with Gasteiger partial charge < -0.3 is 14.2 Å². The third-order valence-electron chi connectivity index (χ3n) is 5.29. The number of methoxy groups -OCH3 is 1. The van der Waals surface area contributed by atoms with Crippen LogP contribution in [0, 0.1) is 5.82 Å². The zero-order chi connectivity index (χ0) is 22.4. The molecule has 31 heavy (non-hydrogen) atoms. The second-order valence-electron chi connectivity index (χ2n) is 7.59. The number of hydrogen-bond acceptors (Lipinski definition) is 3. The van der Waals surface area contributed by atoms with Crippen LogP contribution < -0.4 is 4.74 Å². The van der Waals surface area contributed by atoms with Gasteiger partial charge in [0, 0.05) is 23.6 Å². The third-order valence-corrected chi connectivity index (χ3v) is 5.98. The molecule has 0 saturated heterocycles. The summed E-state index contributed by atoms with van der Waals surface area (Å²) < 4.78 is 21.9. The maximum atomic E-state index is 13.8. The van der Waals surface area contributed by atoms with Gasteiger partial charge in [-0.3, -0.25) is 4.79 Å². The second-order valence-corrected chi connectivity index (χ2v) is 8.45. The minimum absolute atomic E-state index is 0.0804. The van der Waals surface area contributed by atoms with Crippen LogP contribution in [0.4, 0.5) is 4.39 Å². The van der Waals surface area contributed by atoms with Crippen LogP contribution in [0.25, 0.3) is 11.0 Å². The van der Waals surface area contributed by atoms with Gasteiger partial charge in [-0.2, -0.15) is 0 Å². The number of ether oxygens (including phenoxy) is 1. The number of carbonyl (C=O) groups excluding carboxylic acids is 1. The summed E-state index contributed by atoms with van der Waals surface area (Å²) in [5.41, 5.74) is 2.06. The molecule has 0 atom stereocenters. The molecule has 0 bridgehead atoms. The number of benzene rings is 2. The van der Waals surface area contributed by atoms with Gasteiger partial charge >= 0.3 is 0 Å². The number of aromatic nitrogens is 2. The summed E-state index contributed by atoms with van der Waals surface area (Å²) >= 11 is 3.51. The van der Waals surface area contributed by atoms with Crippen molar-refractivity contribution < 1.29 is 13.9 Å². The van der Waals surface area contributed by atoms with Crippen molar-refractivity contribution in [3.63, 3.8) is 0 Å². The van der Waals surface area contributed by atoms with E-state index >= 15 is 0 Å². The van der Waals surface area contributed by atoms with Crippen molar-refractivity contribution in [2.24, 2.45) is 0 Å². The lowest BCUT2D eigenvalue weighted by Gasteiger charge is -2.24. The number of imidazole rings is 1. The van der Waals surface area contributed by atoms with E-state index in [1.165, 1.54) is 12.1 Å². The van der Waals surface area contributed by atoms with Gasteiger partial charge in [-0.15, -0.1) is 0 Å². The zero-order valence-corrected chi connectivity index (χ0v) is 19.9. The monoisotopic (exact) mass is 489 g/mol. The molecule has 0 fully saturated rings. The molecule has 2 aromatic carbocycles. The fourth-order valence-corrected chi connectivity index (χ4v) is 4.10. The lowest BCUT2D eigenvalue weighted by atomic mass is 10.1. The van der Waals surface area contributed by atoms with E-state index in [-0.39, 0.29) is 11.7 Å². The highest BCUT2D eigenvalue weighted by atomic mass is 79.9. The molecule has 0 unspecified atom stereocenters. The lowest BCUT2D eigenvalue weighted by Crippen LogP contribution is -2.33. The average molecular weight is 490 g/mol. The Morgan fingerprint density at radius 1 is 1.16 bits per heavy atom. The summed E-state index contributed by atoms with van der Waals surface area (Å²) in [5.74, 6) is 1.01. The zero-order valence-electron chi connectivity index (χ0n) is 18.3. The number of nitrogens with zero attached hydrogens (tertiary/aromatic N) is 3. The van der Waals surface area contributed by atoms with Crippen molar-refractivity contribution in [2.45, 2.75) is 52.6 Å². The van der Waals surface area contributed by atoms with Crippen LogP contribution in [0.1, 0.15) is 55.7 Å². The normalized spacial score (nSPS) is 11.1. The Labute approximate surface area is 191 Å². The Kier molecular flexibility index (Phi) is 8.07. The summed E-state index contributed by atoms with van der Waals surface area (Å²) in [7, 11) is 1.59. The quantitative estimate of drug-likeness (QED) is 0.319. The summed E-state index contributed by atoms with van der Waals surface area (Å²) in [6.45, 7) is 5.98. The van der Waals surface area contributed by atoms with Crippen molar-refractivity contribution in [3.05, 3.63) is 58.1 Å². The topological polar surface area (TPSA) is 47.4 Å². The Bertz CT molecular complexity index is 1050. The van der Waals surface area contributed by atoms with Crippen LogP contribution in [0.15, 0.2) is 40.9 Å². The van der Waals surface area contributed by atoms with Crippen LogP contribution in [0.2, 0.25) is 0 Å². The lowest BCUT2D eigenvalue weighted by molar-refractivity contribution is 0.0732. The summed E-state index contributed by atoms with van der Waals surface area (Å²) in [5, 5.41) is 0. The average Bonchev–Trinajstić information content (AvgIpc) is 3.09. The maximum absolute atomic E-state index is 13.8. The largest absolute Gasteiger partial charge is 0.497 e. The van der Waals surface area contributed by atoms with Gasteiger partial charge in [0.25, 0.3) is 5.91 Å². The number of aryl methyl sites for hydroxylation is 1. The van der Waals surface area contributed by atoms with Gasteiger partial charge in [0.1, 0.15) is 17.4 Å². The Morgan fingerprint density at radius 2 is 1.97 bits per heavy atom. The molecule has 0 aliphatic rings. The molecule has 0 radical (unpaired) electrons. The molecule has 3 rings (SSSR count). The summed E-state index contributed by atoms with van der Waals surface area (Å²) in [6, 6.07) is 10.1. The van der Waals surface area contributed by atoms with E-state index in [4.69, 9.17) is 4.74 Å². The first-order valence-corrected chi connectivity index (χ1v) is 11.5. The highest BCUT2D eigenvalue weighted by molar-refractivity contribution is 9.10. The first kappa shape index (κ1) is 23.3. The molecule has 0 aliphatic carbocycles. The minimum Gasteiger partial charge on any atom is -0.497 e. The van der Waals surface area contributed by atoms with Crippen molar-refractivity contribution >= 4 is 32.9 Å². The van der Waals surface area contributed by atoms with E-state index in [2.05, 4.69) is 39.3 Å². The first-order valence-electron chi connectivity index (χ1n) is 10.8. The molecule has 0 N–H and O–H groups in total. The van der Waals surface area contributed by atoms with Gasteiger partial charge in [0.05, 0.1) is 30.3 Å². The number of rotatable bonds is 10.